The topological polar surface area (TPSA) is 44.0 Å². The number of hydrogen-bond acceptors (Lipinski definition) is 3. The molecule has 0 aliphatic carbocycles. The van der Waals surface area contributed by atoms with E-state index < -0.39 is 0 Å². The molecule has 0 spiro atoms. The van der Waals surface area contributed by atoms with Crippen LogP contribution in [-0.4, -0.2) is 35.6 Å². The molecule has 104 valence electrons. The van der Waals surface area contributed by atoms with E-state index in [1.165, 1.54) is 50.9 Å². The summed E-state index contributed by atoms with van der Waals surface area (Å²) in [6.45, 7) is 5.68. The minimum absolute atomic E-state index is 0.727. The summed E-state index contributed by atoms with van der Waals surface area (Å²) in [5.74, 6) is 0. The lowest BCUT2D eigenvalue weighted by Gasteiger charge is -2.26. The average Bonchev–Trinajstić information content (AvgIpc) is 2.80. The van der Waals surface area contributed by atoms with E-state index in [2.05, 4.69) is 16.3 Å². The van der Waals surface area contributed by atoms with Crippen LogP contribution in [0.5, 0.6) is 0 Å². The van der Waals surface area contributed by atoms with Gasteiger partial charge in [0.15, 0.2) is 0 Å². The summed E-state index contributed by atoms with van der Waals surface area (Å²) in [5, 5.41) is 12.3. The number of nitrogens with zero attached hydrogens (tertiary/aromatic N) is 3. The van der Waals surface area contributed by atoms with E-state index in [1.807, 2.05) is 23.9 Å². The first-order valence-electron chi connectivity index (χ1n) is 7.28. The molecule has 0 atom stereocenters. The van der Waals surface area contributed by atoms with Gasteiger partial charge in [0, 0.05) is 19.8 Å². The normalized spacial score (nSPS) is 16.4. The van der Waals surface area contributed by atoms with Gasteiger partial charge in [0.05, 0.1) is 0 Å². The SMILES string of the molecule is Cn1cc(CNCCCN2CCCCC2)cc1C#N. The standard InChI is InChI=1S/C15H24N4/c1-18-13-14(10-15(18)11-16)12-17-6-5-9-19-7-3-2-4-8-19/h10,13,17H,2-9,12H2,1H3. The third-order valence-electron chi connectivity index (χ3n) is 3.78. The van der Waals surface area contributed by atoms with Gasteiger partial charge in [0.25, 0.3) is 0 Å². The average molecular weight is 260 g/mol. The first-order valence-corrected chi connectivity index (χ1v) is 7.28. The molecule has 4 heteroatoms. The Bertz CT molecular complexity index is 424. The fourth-order valence-electron chi connectivity index (χ4n) is 2.68. The summed E-state index contributed by atoms with van der Waals surface area (Å²) in [7, 11) is 1.92. The Labute approximate surface area is 116 Å². The van der Waals surface area contributed by atoms with Crippen molar-refractivity contribution >= 4 is 0 Å². The van der Waals surface area contributed by atoms with E-state index in [0.29, 0.717) is 0 Å². The summed E-state index contributed by atoms with van der Waals surface area (Å²) in [6, 6.07) is 4.14. The first-order chi connectivity index (χ1) is 9.29. The van der Waals surface area contributed by atoms with Crippen LogP contribution in [0, 0.1) is 11.3 Å². The Balaban J connectivity index is 1.59. The monoisotopic (exact) mass is 260 g/mol. The molecule has 1 saturated heterocycles. The number of nitrogens with one attached hydrogen (secondary N) is 1. The van der Waals surface area contributed by atoms with Crippen molar-refractivity contribution < 1.29 is 0 Å². The zero-order chi connectivity index (χ0) is 13.5. The maximum atomic E-state index is 8.89. The molecular formula is C15H24N4. The summed E-state index contributed by atoms with van der Waals surface area (Å²) in [6.07, 6.45) is 7.38. The lowest BCUT2D eigenvalue weighted by Crippen LogP contribution is -2.32. The largest absolute Gasteiger partial charge is 0.342 e. The Morgan fingerprint density at radius 1 is 1.32 bits per heavy atom. The van der Waals surface area contributed by atoms with Gasteiger partial charge in [-0.2, -0.15) is 5.26 Å². The fraction of sp³-hybridized carbons (Fsp3) is 0.667. The van der Waals surface area contributed by atoms with Crippen LogP contribution in [0.25, 0.3) is 0 Å². The number of hydrogen-bond donors (Lipinski definition) is 1. The highest BCUT2D eigenvalue weighted by atomic mass is 15.1. The van der Waals surface area contributed by atoms with Crippen molar-refractivity contribution in [3.63, 3.8) is 0 Å². The van der Waals surface area contributed by atoms with Crippen LogP contribution in [0.2, 0.25) is 0 Å². The number of rotatable bonds is 6. The summed E-state index contributed by atoms with van der Waals surface area (Å²) in [4.78, 5) is 2.57. The number of aromatic nitrogens is 1. The van der Waals surface area contributed by atoms with E-state index in [4.69, 9.17) is 5.26 Å². The third-order valence-corrected chi connectivity index (χ3v) is 3.78. The van der Waals surface area contributed by atoms with Gasteiger partial charge in [0.2, 0.25) is 0 Å². The van der Waals surface area contributed by atoms with Crippen molar-refractivity contribution in [2.75, 3.05) is 26.2 Å². The van der Waals surface area contributed by atoms with Gasteiger partial charge in [-0.3, -0.25) is 0 Å². The van der Waals surface area contributed by atoms with E-state index in [9.17, 15) is 0 Å². The van der Waals surface area contributed by atoms with Gasteiger partial charge >= 0.3 is 0 Å². The van der Waals surface area contributed by atoms with Gasteiger partial charge < -0.3 is 14.8 Å². The zero-order valence-corrected chi connectivity index (χ0v) is 11.9. The second-order valence-electron chi connectivity index (χ2n) is 5.39. The Hall–Kier alpha value is -1.31. The molecule has 0 aromatic carbocycles. The molecule has 19 heavy (non-hydrogen) atoms. The summed E-state index contributed by atoms with van der Waals surface area (Å²) in [5.41, 5.74) is 1.92. The quantitative estimate of drug-likeness (QED) is 0.794. The molecular weight excluding hydrogens is 236 g/mol. The van der Waals surface area contributed by atoms with Gasteiger partial charge in [-0.1, -0.05) is 6.42 Å². The van der Waals surface area contributed by atoms with Crippen molar-refractivity contribution in [3.8, 4) is 6.07 Å². The van der Waals surface area contributed by atoms with Crippen molar-refractivity contribution in [1.82, 2.24) is 14.8 Å². The van der Waals surface area contributed by atoms with Gasteiger partial charge in [-0.05, 0) is 57.1 Å². The molecule has 1 aliphatic heterocycles. The molecule has 4 nitrogen and oxygen atoms in total. The number of nitriles is 1. The Morgan fingerprint density at radius 2 is 2.11 bits per heavy atom. The molecule has 2 heterocycles. The molecule has 1 N–H and O–H groups in total. The molecule has 0 amide bonds. The third kappa shape index (κ3) is 4.38. The predicted octanol–water partition coefficient (Wildman–Crippen LogP) is 1.86. The Kier molecular flexibility index (Phi) is 5.44. The second-order valence-corrected chi connectivity index (χ2v) is 5.39. The van der Waals surface area contributed by atoms with Crippen molar-refractivity contribution in [1.29, 1.82) is 5.26 Å². The summed E-state index contributed by atoms with van der Waals surface area (Å²) >= 11 is 0. The molecule has 1 aromatic rings. The minimum Gasteiger partial charge on any atom is -0.342 e. The van der Waals surface area contributed by atoms with Crippen LogP contribution in [0.4, 0.5) is 0 Å². The van der Waals surface area contributed by atoms with Gasteiger partial charge in [-0.15, -0.1) is 0 Å². The van der Waals surface area contributed by atoms with E-state index >= 15 is 0 Å². The highest BCUT2D eigenvalue weighted by Crippen LogP contribution is 2.08. The maximum Gasteiger partial charge on any atom is 0.120 e. The van der Waals surface area contributed by atoms with Crippen LogP contribution >= 0.6 is 0 Å². The van der Waals surface area contributed by atoms with Crippen LogP contribution < -0.4 is 5.32 Å². The second kappa shape index (κ2) is 7.32. The molecule has 1 aromatic heterocycles. The van der Waals surface area contributed by atoms with Crippen LogP contribution in [0.1, 0.15) is 36.9 Å². The maximum absolute atomic E-state index is 8.89. The van der Waals surface area contributed by atoms with Crippen LogP contribution in [0.3, 0.4) is 0 Å². The Morgan fingerprint density at radius 3 is 2.79 bits per heavy atom. The number of likely N-dealkylation sites (tertiary alicyclic amines) is 1. The molecule has 1 fully saturated rings. The highest BCUT2D eigenvalue weighted by Gasteiger charge is 2.08. The lowest BCUT2D eigenvalue weighted by molar-refractivity contribution is 0.225. The fourth-order valence-corrected chi connectivity index (χ4v) is 2.68. The first kappa shape index (κ1) is 14.1. The van der Waals surface area contributed by atoms with Crippen molar-refractivity contribution in [2.24, 2.45) is 7.05 Å². The van der Waals surface area contributed by atoms with E-state index in [-0.39, 0.29) is 0 Å². The number of aryl methyl sites for hydroxylation is 1. The molecule has 0 bridgehead atoms. The molecule has 1 aliphatic rings. The van der Waals surface area contributed by atoms with Crippen molar-refractivity contribution in [2.45, 2.75) is 32.2 Å². The van der Waals surface area contributed by atoms with E-state index in [1.54, 1.807) is 0 Å². The molecule has 0 radical (unpaired) electrons. The lowest BCUT2D eigenvalue weighted by atomic mass is 10.1. The number of piperidine rings is 1. The smallest absolute Gasteiger partial charge is 0.120 e. The van der Waals surface area contributed by atoms with Crippen LogP contribution in [0.15, 0.2) is 12.3 Å². The highest BCUT2D eigenvalue weighted by molar-refractivity contribution is 5.28. The zero-order valence-electron chi connectivity index (χ0n) is 11.9. The van der Waals surface area contributed by atoms with Crippen molar-refractivity contribution in [3.05, 3.63) is 23.5 Å². The van der Waals surface area contributed by atoms with Gasteiger partial charge in [0.1, 0.15) is 11.8 Å². The summed E-state index contributed by atoms with van der Waals surface area (Å²) < 4.78 is 1.88. The van der Waals surface area contributed by atoms with Gasteiger partial charge in [-0.25, -0.2) is 0 Å². The molecule has 0 saturated carbocycles. The van der Waals surface area contributed by atoms with E-state index in [0.717, 1.165) is 18.8 Å². The predicted molar refractivity (Wildman–Crippen MR) is 76.7 cm³/mol. The molecule has 2 rings (SSSR count). The van der Waals surface area contributed by atoms with Crippen LogP contribution in [-0.2, 0) is 13.6 Å². The minimum atomic E-state index is 0.727. The molecule has 0 unspecified atom stereocenters.